The van der Waals surface area contributed by atoms with E-state index in [0.717, 1.165) is 5.56 Å². The largest absolute Gasteiger partial charge is 0.394 e. The number of hydrogen-bond donors (Lipinski definition) is 3. The molecule has 0 radical (unpaired) electrons. The second kappa shape index (κ2) is 8.57. The van der Waals surface area contributed by atoms with Gasteiger partial charge in [-0.2, -0.15) is 0 Å². The number of carbonyl (C=O) groups excluding carboxylic acids is 2. The molecular weight excluding hydrogens is 352 g/mol. The quantitative estimate of drug-likeness (QED) is 0.713. The summed E-state index contributed by atoms with van der Waals surface area (Å²) < 4.78 is 0. The first-order valence-electron chi connectivity index (χ1n) is 9.43. The lowest BCUT2D eigenvalue weighted by Gasteiger charge is -2.23. The molecule has 0 aliphatic carbocycles. The molecule has 2 rings (SSSR count). The van der Waals surface area contributed by atoms with Crippen LogP contribution in [0.2, 0.25) is 0 Å². The van der Waals surface area contributed by atoms with E-state index in [9.17, 15) is 14.7 Å². The second-order valence-corrected chi connectivity index (χ2v) is 8.75. The van der Waals surface area contributed by atoms with Crippen LogP contribution >= 0.6 is 0 Å². The van der Waals surface area contributed by atoms with Crippen LogP contribution in [0.25, 0.3) is 0 Å². The first-order chi connectivity index (χ1) is 13.0. The van der Waals surface area contributed by atoms with Crippen molar-refractivity contribution in [1.82, 2.24) is 5.32 Å². The summed E-state index contributed by atoms with van der Waals surface area (Å²) in [6.07, 6.45) is 0.214. The maximum Gasteiger partial charge on any atom is 0.255 e. The van der Waals surface area contributed by atoms with Crippen molar-refractivity contribution in [2.75, 3.05) is 11.9 Å². The number of amides is 2. The van der Waals surface area contributed by atoms with Gasteiger partial charge in [-0.3, -0.25) is 9.59 Å². The Labute approximate surface area is 167 Å². The third-order valence-corrected chi connectivity index (χ3v) is 4.46. The minimum atomic E-state index is -0.645. The molecule has 0 aliphatic rings. The Bertz CT molecular complexity index is 816. The zero-order chi connectivity index (χ0) is 20.9. The zero-order valence-electron chi connectivity index (χ0n) is 17.3. The van der Waals surface area contributed by atoms with Crippen LogP contribution in [0.4, 0.5) is 5.69 Å². The smallest absolute Gasteiger partial charge is 0.255 e. The van der Waals surface area contributed by atoms with Gasteiger partial charge in [-0.1, -0.05) is 45.0 Å². The van der Waals surface area contributed by atoms with E-state index in [1.54, 1.807) is 26.0 Å². The summed E-state index contributed by atoms with van der Waals surface area (Å²) in [6, 6.07) is 14.8. The van der Waals surface area contributed by atoms with Gasteiger partial charge in [-0.05, 0) is 54.7 Å². The van der Waals surface area contributed by atoms with E-state index in [2.05, 4.69) is 31.4 Å². The fourth-order valence-electron chi connectivity index (χ4n) is 2.68. The molecule has 0 saturated heterocycles. The summed E-state index contributed by atoms with van der Waals surface area (Å²) in [7, 11) is 0. The van der Waals surface area contributed by atoms with Gasteiger partial charge < -0.3 is 15.7 Å². The monoisotopic (exact) mass is 382 g/mol. The van der Waals surface area contributed by atoms with Gasteiger partial charge in [0.1, 0.15) is 0 Å². The number of nitrogens with one attached hydrogen (secondary N) is 2. The van der Waals surface area contributed by atoms with Gasteiger partial charge in [0.15, 0.2) is 0 Å². The van der Waals surface area contributed by atoms with E-state index in [0.29, 0.717) is 11.3 Å². The molecule has 0 atom stereocenters. The summed E-state index contributed by atoms with van der Waals surface area (Å²) in [5, 5.41) is 14.9. The summed E-state index contributed by atoms with van der Waals surface area (Å²) in [4.78, 5) is 24.5. The molecule has 5 nitrogen and oxygen atoms in total. The normalized spacial score (nSPS) is 11.8. The minimum Gasteiger partial charge on any atom is -0.394 e. The lowest BCUT2D eigenvalue weighted by molar-refractivity contribution is -0.122. The molecule has 0 fully saturated rings. The average Bonchev–Trinajstić information content (AvgIpc) is 2.62. The number of anilines is 1. The van der Waals surface area contributed by atoms with Gasteiger partial charge in [0.2, 0.25) is 5.91 Å². The van der Waals surface area contributed by atoms with Crippen LogP contribution in [0.15, 0.2) is 48.5 Å². The molecular formula is C23H30N2O3. The molecule has 3 N–H and O–H groups in total. The molecule has 0 aliphatic heterocycles. The Morgan fingerprint density at radius 3 is 1.96 bits per heavy atom. The predicted molar refractivity (Wildman–Crippen MR) is 113 cm³/mol. The van der Waals surface area contributed by atoms with E-state index < -0.39 is 5.54 Å². The summed E-state index contributed by atoms with van der Waals surface area (Å²) >= 11 is 0. The average molecular weight is 383 g/mol. The fourth-order valence-corrected chi connectivity index (χ4v) is 2.68. The fraction of sp³-hybridized carbons (Fsp3) is 0.391. The molecule has 2 amide bonds. The van der Waals surface area contributed by atoms with Gasteiger partial charge in [0.25, 0.3) is 5.91 Å². The van der Waals surface area contributed by atoms with Crippen LogP contribution < -0.4 is 10.6 Å². The molecule has 0 heterocycles. The Morgan fingerprint density at radius 1 is 0.893 bits per heavy atom. The number of rotatable bonds is 6. The number of aliphatic hydroxyl groups is 1. The van der Waals surface area contributed by atoms with Crippen LogP contribution in [0.1, 0.15) is 56.1 Å². The molecule has 0 unspecified atom stereocenters. The lowest BCUT2D eigenvalue weighted by Crippen LogP contribution is -2.46. The highest BCUT2D eigenvalue weighted by molar-refractivity contribution is 6.04. The Hall–Kier alpha value is -2.66. The van der Waals surface area contributed by atoms with Gasteiger partial charge >= 0.3 is 0 Å². The summed E-state index contributed by atoms with van der Waals surface area (Å²) in [5.74, 6) is -0.328. The van der Waals surface area contributed by atoms with E-state index >= 15 is 0 Å². The standard InChI is InChI=1S/C23H30N2O3/c1-22(2,3)18-10-8-17(9-11-18)21(28)24-19-12-6-16(7-13-19)14-20(27)25-23(4,5)15-26/h6-13,26H,14-15H2,1-5H3,(H,24,28)(H,25,27). The van der Waals surface area contributed by atoms with E-state index in [1.807, 2.05) is 36.4 Å². The van der Waals surface area contributed by atoms with Crippen LogP contribution in [0.3, 0.4) is 0 Å². The Balaban J connectivity index is 1.96. The highest BCUT2D eigenvalue weighted by Crippen LogP contribution is 2.22. The van der Waals surface area contributed by atoms with Crippen molar-refractivity contribution in [3.8, 4) is 0 Å². The van der Waals surface area contributed by atoms with Crippen molar-refractivity contribution in [3.05, 3.63) is 65.2 Å². The van der Waals surface area contributed by atoms with Gasteiger partial charge in [-0.15, -0.1) is 0 Å². The molecule has 2 aromatic rings. The molecule has 0 saturated carbocycles. The maximum absolute atomic E-state index is 12.4. The number of carbonyl (C=O) groups is 2. The lowest BCUT2D eigenvalue weighted by atomic mass is 9.87. The van der Waals surface area contributed by atoms with Crippen molar-refractivity contribution in [1.29, 1.82) is 0 Å². The van der Waals surface area contributed by atoms with Crippen LogP contribution in [0.5, 0.6) is 0 Å². The van der Waals surface area contributed by atoms with Crippen molar-refractivity contribution in [3.63, 3.8) is 0 Å². The van der Waals surface area contributed by atoms with Crippen molar-refractivity contribution in [2.24, 2.45) is 0 Å². The third kappa shape index (κ3) is 6.20. The number of benzene rings is 2. The molecule has 2 aromatic carbocycles. The van der Waals surface area contributed by atoms with E-state index in [-0.39, 0.29) is 30.3 Å². The Kier molecular flexibility index (Phi) is 6.62. The summed E-state index contributed by atoms with van der Waals surface area (Å²) in [6.45, 7) is 9.80. The van der Waals surface area contributed by atoms with Gasteiger partial charge in [0.05, 0.1) is 18.6 Å². The highest BCUT2D eigenvalue weighted by Gasteiger charge is 2.19. The van der Waals surface area contributed by atoms with E-state index in [1.165, 1.54) is 5.56 Å². The first-order valence-corrected chi connectivity index (χ1v) is 9.43. The van der Waals surface area contributed by atoms with E-state index in [4.69, 9.17) is 0 Å². The SMILES string of the molecule is CC(C)(CO)NC(=O)Cc1ccc(NC(=O)c2ccc(C(C)(C)C)cc2)cc1. The summed E-state index contributed by atoms with van der Waals surface area (Å²) in [5.41, 5.74) is 2.68. The van der Waals surface area contributed by atoms with Crippen molar-refractivity contribution in [2.45, 2.75) is 52.0 Å². The topological polar surface area (TPSA) is 78.4 Å². The maximum atomic E-state index is 12.4. The predicted octanol–water partition coefficient (Wildman–Crippen LogP) is 3.67. The molecule has 0 aromatic heterocycles. The molecule has 5 heteroatoms. The molecule has 28 heavy (non-hydrogen) atoms. The van der Waals surface area contributed by atoms with Crippen LogP contribution in [0, 0.1) is 0 Å². The Morgan fingerprint density at radius 2 is 1.46 bits per heavy atom. The van der Waals surface area contributed by atoms with Crippen LogP contribution in [-0.4, -0.2) is 29.1 Å². The molecule has 0 spiro atoms. The highest BCUT2D eigenvalue weighted by atomic mass is 16.3. The van der Waals surface area contributed by atoms with Gasteiger partial charge in [0, 0.05) is 11.3 Å². The van der Waals surface area contributed by atoms with Crippen LogP contribution in [-0.2, 0) is 16.6 Å². The van der Waals surface area contributed by atoms with Crippen molar-refractivity contribution < 1.29 is 14.7 Å². The molecule has 0 bridgehead atoms. The van der Waals surface area contributed by atoms with Crippen molar-refractivity contribution >= 4 is 17.5 Å². The minimum absolute atomic E-state index is 0.0452. The zero-order valence-corrected chi connectivity index (χ0v) is 17.3. The van der Waals surface area contributed by atoms with Gasteiger partial charge in [-0.25, -0.2) is 0 Å². The second-order valence-electron chi connectivity index (χ2n) is 8.75. The first kappa shape index (κ1) is 21.6. The number of hydrogen-bond acceptors (Lipinski definition) is 3. The molecule has 150 valence electrons. The number of aliphatic hydroxyl groups excluding tert-OH is 1. The third-order valence-electron chi connectivity index (χ3n) is 4.46.